The summed E-state index contributed by atoms with van der Waals surface area (Å²) in [6.45, 7) is 0.323. The predicted molar refractivity (Wildman–Crippen MR) is 112 cm³/mol. The third-order valence-corrected chi connectivity index (χ3v) is 5.65. The molecule has 0 aliphatic heterocycles. The van der Waals surface area contributed by atoms with Gasteiger partial charge in [0.25, 0.3) is 0 Å². The molecule has 9 nitrogen and oxygen atoms in total. The summed E-state index contributed by atoms with van der Waals surface area (Å²) in [6, 6.07) is 11.6. The number of carbonyl (C=O) groups is 1. The fraction of sp³-hybridized carbons (Fsp3) is 0.250. The highest BCUT2D eigenvalue weighted by atomic mass is 35.5. The van der Waals surface area contributed by atoms with Gasteiger partial charge in [0.15, 0.2) is 0 Å². The Hall–Kier alpha value is -3.30. The fourth-order valence-electron chi connectivity index (χ4n) is 3.41. The maximum absolute atomic E-state index is 12.0. The van der Waals surface area contributed by atoms with Crippen LogP contribution in [0, 0.1) is 0 Å². The third-order valence-electron chi connectivity index (χ3n) is 5.27. The number of nitrogens with one attached hydrogen (secondary N) is 1. The lowest BCUT2D eigenvalue weighted by Gasteiger charge is -2.11. The third kappa shape index (κ3) is 3.12. The Balaban J connectivity index is 1.52. The van der Waals surface area contributed by atoms with E-state index >= 15 is 0 Å². The first-order chi connectivity index (χ1) is 14.5. The number of amides is 1. The fourth-order valence-corrected chi connectivity index (χ4v) is 3.74. The van der Waals surface area contributed by atoms with Gasteiger partial charge in [-0.25, -0.2) is 0 Å². The summed E-state index contributed by atoms with van der Waals surface area (Å²) in [6.07, 6.45) is 3.19. The number of benzene rings is 1. The highest BCUT2D eigenvalue weighted by Gasteiger charge is 2.45. The van der Waals surface area contributed by atoms with Crippen molar-refractivity contribution < 1.29 is 4.79 Å². The minimum absolute atomic E-state index is 0.132. The molecular weight excluding hydrogens is 404 g/mol. The van der Waals surface area contributed by atoms with Crippen LogP contribution in [0.25, 0.3) is 28.1 Å². The monoisotopic (exact) mass is 422 g/mol. The number of carbonyl (C=O) groups excluding carboxylic acids is 1. The zero-order valence-corrected chi connectivity index (χ0v) is 17.0. The van der Waals surface area contributed by atoms with Gasteiger partial charge in [-0.3, -0.25) is 9.78 Å². The van der Waals surface area contributed by atoms with E-state index in [0.717, 1.165) is 35.1 Å². The highest BCUT2D eigenvalue weighted by molar-refractivity contribution is 6.38. The SMILES string of the molecule is Cn1nnc(-c2c(Cl)c3ccccc3n2-c2ccc(CNC(=O)C3(N)CC3)nc2)n1. The van der Waals surface area contributed by atoms with Crippen LogP contribution in [0.15, 0.2) is 42.6 Å². The van der Waals surface area contributed by atoms with Gasteiger partial charge in [0.2, 0.25) is 11.7 Å². The van der Waals surface area contributed by atoms with Crippen LogP contribution >= 0.6 is 11.6 Å². The average molecular weight is 423 g/mol. The quantitative estimate of drug-likeness (QED) is 0.508. The molecule has 0 atom stereocenters. The number of halogens is 1. The van der Waals surface area contributed by atoms with Crippen LogP contribution in [-0.4, -0.2) is 41.2 Å². The van der Waals surface area contributed by atoms with Crippen molar-refractivity contribution >= 4 is 28.4 Å². The van der Waals surface area contributed by atoms with E-state index in [2.05, 4.69) is 25.7 Å². The second kappa shape index (κ2) is 6.89. The highest BCUT2D eigenvalue weighted by Crippen LogP contribution is 2.38. The van der Waals surface area contributed by atoms with Crippen molar-refractivity contribution in [1.29, 1.82) is 0 Å². The molecule has 10 heteroatoms. The van der Waals surface area contributed by atoms with E-state index in [1.807, 2.05) is 41.0 Å². The van der Waals surface area contributed by atoms with Gasteiger partial charge in [0.05, 0.1) is 47.2 Å². The average Bonchev–Trinajstić information content (AvgIpc) is 3.26. The molecule has 0 bridgehead atoms. The molecule has 3 heterocycles. The molecule has 0 radical (unpaired) electrons. The molecule has 1 aliphatic carbocycles. The number of aryl methyl sites for hydroxylation is 1. The molecule has 4 aromatic rings. The first-order valence-electron chi connectivity index (χ1n) is 9.52. The lowest BCUT2D eigenvalue weighted by molar-refractivity contribution is -0.123. The normalized spacial score (nSPS) is 14.8. The number of pyridine rings is 1. The second-order valence-corrected chi connectivity index (χ2v) is 7.84. The maximum atomic E-state index is 12.0. The zero-order chi connectivity index (χ0) is 20.9. The molecule has 1 saturated carbocycles. The smallest absolute Gasteiger partial charge is 0.240 e. The van der Waals surface area contributed by atoms with E-state index in [1.54, 1.807) is 13.2 Å². The topological polar surface area (TPSA) is 117 Å². The van der Waals surface area contributed by atoms with Crippen LogP contribution in [-0.2, 0) is 18.4 Å². The lowest BCUT2D eigenvalue weighted by atomic mass is 10.2. The summed E-state index contributed by atoms with van der Waals surface area (Å²) >= 11 is 6.70. The van der Waals surface area contributed by atoms with Crippen molar-refractivity contribution in [2.24, 2.45) is 12.8 Å². The molecular formula is C20H19ClN8O. The number of tetrazole rings is 1. The Morgan fingerprint density at radius 2 is 2.07 bits per heavy atom. The summed E-state index contributed by atoms with van der Waals surface area (Å²) in [5.41, 5.74) is 8.31. The van der Waals surface area contributed by atoms with Crippen molar-refractivity contribution in [2.45, 2.75) is 24.9 Å². The molecule has 3 N–H and O–H groups in total. The van der Waals surface area contributed by atoms with Crippen molar-refractivity contribution in [2.75, 3.05) is 0 Å². The minimum atomic E-state index is -0.695. The Bertz CT molecular complexity index is 1260. The zero-order valence-electron chi connectivity index (χ0n) is 16.2. The van der Waals surface area contributed by atoms with E-state index in [0.29, 0.717) is 23.1 Å². The maximum Gasteiger partial charge on any atom is 0.240 e. The Labute approximate surface area is 176 Å². The van der Waals surface area contributed by atoms with Gasteiger partial charge in [0, 0.05) is 5.39 Å². The standard InChI is InChI=1S/C20H19ClN8O/c1-28-26-18(25-27-28)17-16(21)14-4-2-3-5-15(14)29(17)13-7-6-12(23-11-13)10-24-19(30)20(22)8-9-20/h2-7,11H,8-10,22H2,1H3,(H,24,30). The Morgan fingerprint density at radius 3 is 2.73 bits per heavy atom. The van der Waals surface area contributed by atoms with E-state index in [9.17, 15) is 4.79 Å². The number of nitrogens with zero attached hydrogens (tertiary/aromatic N) is 6. The number of rotatable bonds is 5. The number of para-hydroxylation sites is 1. The molecule has 30 heavy (non-hydrogen) atoms. The van der Waals surface area contributed by atoms with Crippen LogP contribution in [0.4, 0.5) is 0 Å². The van der Waals surface area contributed by atoms with Gasteiger partial charge in [-0.05, 0) is 36.3 Å². The van der Waals surface area contributed by atoms with Crippen molar-refractivity contribution in [3.8, 4) is 17.2 Å². The van der Waals surface area contributed by atoms with E-state index in [1.165, 1.54) is 4.80 Å². The van der Waals surface area contributed by atoms with Gasteiger partial charge in [0.1, 0.15) is 5.69 Å². The van der Waals surface area contributed by atoms with Gasteiger partial charge in [-0.15, -0.1) is 10.2 Å². The van der Waals surface area contributed by atoms with Gasteiger partial charge >= 0.3 is 0 Å². The molecule has 1 amide bonds. The largest absolute Gasteiger partial charge is 0.349 e. The van der Waals surface area contributed by atoms with Crippen LogP contribution in [0.2, 0.25) is 5.02 Å². The van der Waals surface area contributed by atoms with E-state index < -0.39 is 5.54 Å². The number of nitrogens with two attached hydrogens (primary N) is 1. The molecule has 0 unspecified atom stereocenters. The molecule has 1 aromatic carbocycles. The van der Waals surface area contributed by atoms with Gasteiger partial charge in [-0.1, -0.05) is 29.8 Å². The van der Waals surface area contributed by atoms with Crippen LogP contribution < -0.4 is 11.1 Å². The van der Waals surface area contributed by atoms with Crippen molar-refractivity contribution in [1.82, 2.24) is 35.1 Å². The van der Waals surface area contributed by atoms with E-state index in [-0.39, 0.29) is 5.91 Å². The van der Waals surface area contributed by atoms with Crippen molar-refractivity contribution in [3.63, 3.8) is 0 Å². The van der Waals surface area contributed by atoms with Crippen LogP contribution in [0.1, 0.15) is 18.5 Å². The molecule has 0 saturated heterocycles. The first-order valence-corrected chi connectivity index (χ1v) is 9.90. The Kier molecular flexibility index (Phi) is 4.30. The molecule has 152 valence electrons. The number of aromatic nitrogens is 6. The summed E-state index contributed by atoms with van der Waals surface area (Å²) in [5, 5.41) is 16.7. The Morgan fingerprint density at radius 1 is 1.27 bits per heavy atom. The molecule has 3 aromatic heterocycles. The second-order valence-electron chi connectivity index (χ2n) is 7.46. The molecule has 1 fully saturated rings. The molecule has 0 spiro atoms. The minimum Gasteiger partial charge on any atom is -0.349 e. The first kappa shape index (κ1) is 18.7. The summed E-state index contributed by atoms with van der Waals surface area (Å²) in [5.74, 6) is 0.292. The summed E-state index contributed by atoms with van der Waals surface area (Å²) in [4.78, 5) is 17.9. The summed E-state index contributed by atoms with van der Waals surface area (Å²) < 4.78 is 1.96. The van der Waals surface area contributed by atoms with Crippen LogP contribution in [0.5, 0.6) is 0 Å². The predicted octanol–water partition coefficient (Wildman–Crippen LogP) is 1.98. The lowest BCUT2D eigenvalue weighted by Crippen LogP contribution is -2.42. The number of hydrogen-bond acceptors (Lipinski definition) is 6. The summed E-state index contributed by atoms with van der Waals surface area (Å²) in [7, 11) is 1.70. The van der Waals surface area contributed by atoms with Crippen LogP contribution in [0.3, 0.4) is 0 Å². The number of fused-ring (bicyclic) bond motifs is 1. The molecule has 5 rings (SSSR count). The van der Waals surface area contributed by atoms with E-state index in [4.69, 9.17) is 17.3 Å². The van der Waals surface area contributed by atoms with Gasteiger partial charge in [-0.2, -0.15) is 4.80 Å². The van der Waals surface area contributed by atoms with Crippen molar-refractivity contribution in [3.05, 3.63) is 53.3 Å². The number of hydrogen-bond donors (Lipinski definition) is 2. The van der Waals surface area contributed by atoms with Gasteiger partial charge < -0.3 is 15.6 Å². The molecule has 1 aliphatic rings.